The van der Waals surface area contributed by atoms with E-state index in [1.165, 1.54) is 0 Å². The maximum Gasteiger partial charge on any atom is 0.460 e. The largest absolute Gasteiger partial charge is 0.480 e. The number of carbonyl (C=O) groups is 2. The monoisotopic (exact) mass is 840 g/mol. The number of alkyl halides is 30. The van der Waals surface area contributed by atoms with Crippen LogP contribution < -0.4 is 0 Å². The lowest BCUT2D eigenvalue weighted by atomic mass is 9.67. The first-order chi connectivity index (χ1) is 21.4. The summed E-state index contributed by atoms with van der Waals surface area (Å²) in [7, 11) is 0. The molecular weight excluding hydrogens is 838 g/mol. The molecule has 0 saturated carbocycles. The fourth-order valence-electron chi connectivity index (χ4n) is 3.23. The van der Waals surface area contributed by atoms with E-state index < -0.39 is 101 Å². The van der Waals surface area contributed by atoms with Crippen molar-refractivity contribution in [1.82, 2.24) is 0 Å². The van der Waals surface area contributed by atoms with Crippen LogP contribution in [0.15, 0.2) is 0 Å². The predicted octanol–water partition coefficient (Wildman–Crippen LogP) is 8.89. The van der Waals surface area contributed by atoms with Crippen molar-refractivity contribution >= 4 is 11.9 Å². The minimum Gasteiger partial charge on any atom is -0.480 e. The number of rotatable bonds is 14. The number of halogens is 30. The Morgan fingerprint density at radius 2 is 0.353 bits per heavy atom. The summed E-state index contributed by atoms with van der Waals surface area (Å²) in [4.78, 5) is 22.1. The SMILES string of the molecule is O=C(O)C(C(=O)O)(C(F)(F)C(F)(F)C(F)(F)C(F)(F)C(F)(F)C(F)(F)F)C(F)(F)C(F)(F)C(F)(F)C(F)(F)C(F)(F)C(F)(F)C(F)(F)C(F)(F)F. The van der Waals surface area contributed by atoms with E-state index in [0.29, 0.717) is 0 Å². The van der Waals surface area contributed by atoms with Gasteiger partial charge in [-0.3, -0.25) is 9.59 Å². The van der Waals surface area contributed by atoms with Crippen molar-refractivity contribution in [3.8, 4) is 0 Å². The van der Waals surface area contributed by atoms with E-state index in [2.05, 4.69) is 0 Å². The Hall–Kier alpha value is -3.16. The van der Waals surface area contributed by atoms with Gasteiger partial charge in [-0.1, -0.05) is 0 Å². The first-order valence-corrected chi connectivity index (χ1v) is 10.5. The molecule has 0 unspecified atom stereocenters. The molecular formula is C17H2F30O4. The zero-order valence-corrected chi connectivity index (χ0v) is 21.5. The molecule has 0 aromatic rings. The van der Waals surface area contributed by atoms with Crippen LogP contribution in [0.4, 0.5) is 132 Å². The van der Waals surface area contributed by atoms with Gasteiger partial charge in [0.2, 0.25) is 0 Å². The van der Waals surface area contributed by atoms with Gasteiger partial charge >= 0.3 is 101 Å². The van der Waals surface area contributed by atoms with Crippen LogP contribution in [0.2, 0.25) is 0 Å². The van der Waals surface area contributed by atoms with E-state index in [9.17, 15) is 141 Å². The van der Waals surface area contributed by atoms with Gasteiger partial charge in [-0.05, 0) is 0 Å². The van der Waals surface area contributed by atoms with Crippen LogP contribution in [0.25, 0.3) is 0 Å². The molecule has 0 atom stereocenters. The predicted molar refractivity (Wildman–Crippen MR) is 89.2 cm³/mol. The summed E-state index contributed by atoms with van der Waals surface area (Å²) in [6.07, 6.45) is -16.8. The summed E-state index contributed by atoms with van der Waals surface area (Å²) in [5.41, 5.74) is -9.26. The van der Waals surface area contributed by atoms with Crippen molar-refractivity contribution in [3.63, 3.8) is 0 Å². The smallest absolute Gasteiger partial charge is 0.460 e. The van der Waals surface area contributed by atoms with Gasteiger partial charge in [-0.2, -0.15) is 132 Å². The van der Waals surface area contributed by atoms with E-state index in [0.717, 1.165) is 0 Å². The quantitative estimate of drug-likeness (QED) is 0.136. The Morgan fingerprint density at radius 1 is 0.235 bits per heavy atom. The van der Waals surface area contributed by atoms with E-state index >= 15 is 0 Å². The van der Waals surface area contributed by atoms with E-state index in [-0.39, 0.29) is 0 Å². The van der Waals surface area contributed by atoms with Crippen molar-refractivity contribution in [2.75, 3.05) is 0 Å². The molecule has 0 aliphatic heterocycles. The summed E-state index contributed by atoms with van der Waals surface area (Å²) in [5.74, 6) is -128. The molecule has 51 heavy (non-hydrogen) atoms. The second kappa shape index (κ2) is 11.4. The number of carboxylic acids is 2. The first kappa shape index (κ1) is 47.8. The molecule has 0 aliphatic carbocycles. The normalized spacial score (nSPS) is 16.7. The first-order valence-electron chi connectivity index (χ1n) is 10.5. The molecule has 0 heterocycles. The lowest BCUT2D eigenvalue weighted by molar-refractivity contribution is -0.475. The van der Waals surface area contributed by atoms with Gasteiger partial charge in [-0.25, -0.2) is 0 Å². The Labute approximate surface area is 253 Å². The third kappa shape index (κ3) is 5.18. The van der Waals surface area contributed by atoms with E-state index in [1.807, 2.05) is 0 Å². The second-order valence-electron chi connectivity index (χ2n) is 9.25. The molecule has 0 aliphatic rings. The van der Waals surface area contributed by atoms with Crippen LogP contribution in [0.3, 0.4) is 0 Å². The summed E-state index contributed by atoms with van der Waals surface area (Å²) < 4.78 is 403. The minimum atomic E-state index is -10.1. The molecule has 304 valence electrons. The zero-order chi connectivity index (χ0) is 42.7. The van der Waals surface area contributed by atoms with Gasteiger partial charge in [0.15, 0.2) is 0 Å². The number of hydrogen-bond donors (Lipinski definition) is 2. The highest BCUT2D eigenvalue weighted by Gasteiger charge is 3.02. The summed E-state index contributed by atoms with van der Waals surface area (Å²) in [6, 6.07) is 0. The van der Waals surface area contributed by atoms with Gasteiger partial charge in [-0.15, -0.1) is 0 Å². The number of hydrogen-bond acceptors (Lipinski definition) is 2. The van der Waals surface area contributed by atoms with Crippen molar-refractivity contribution in [3.05, 3.63) is 0 Å². The highest BCUT2D eigenvalue weighted by Crippen LogP contribution is 2.70. The van der Waals surface area contributed by atoms with Crippen LogP contribution in [-0.2, 0) is 9.59 Å². The average Bonchev–Trinajstić information content (AvgIpc) is 2.85. The van der Waals surface area contributed by atoms with Crippen LogP contribution >= 0.6 is 0 Å². The third-order valence-corrected chi connectivity index (χ3v) is 6.24. The number of aliphatic carboxylic acids is 2. The van der Waals surface area contributed by atoms with Crippen LogP contribution in [0, 0.1) is 5.41 Å². The zero-order valence-electron chi connectivity index (χ0n) is 21.5. The van der Waals surface area contributed by atoms with Crippen molar-refractivity contribution in [2.24, 2.45) is 5.41 Å². The molecule has 4 nitrogen and oxygen atoms in total. The topological polar surface area (TPSA) is 74.6 Å². The van der Waals surface area contributed by atoms with Gasteiger partial charge in [0.25, 0.3) is 0 Å². The minimum absolute atomic E-state index is 5.90. The van der Waals surface area contributed by atoms with Gasteiger partial charge in [0.1, 0.15) is 0 Å². The van der Waals surface area contributed by atoms with Gasteiger partial charge < -0.3 is 10.2 Å². The Bertz CT molecular complexity index is 1330. The van der Waals surface area contributed by atoms with Crippen molar-refractivity contribution in [2.45, 2.75) is 83.4 Å². The van der Waals surface area contributed by atoms with Crippen LogP contribution in [0.5, 0.6) is 0 Å². The standard InChI is InChI=1S/C17H2F30O4/c18-4(19,6(22,23)8(26,27)10(30,31)11(32,33)13(36,37)15(40,41)17(45,46)47)3(1(48)49,2(50)51)5(20,21)7(24,25)9(28,29)12(34,35)14(38,39)16(42,43)44/h(H,48,49)(H,50,51). The fraction of sp³-hybridized carbons (Fsp3) is 0.882. The van der Waals surface area contributed by atoms with Crippen LogP contribution in [-0.4, -0.2) is 106 Å². The maximum atomic E-state index is 14.6. The fourth-order valence-corrected chi connectivity index (χ4v) is 3.23. The van der Waals surface area contributed by atoms with E-state index in [4.69, 9.17) is 10.2 Å². The second-order valence-corrected chi connectivity index (χ2v) is 9.25. The summed E-state index contributed by atoms with van der Waals surface area (Å²) in [5, 5.41) is 16.8. The maximum absolute atomic E-state index is 14.6. The molecule has 2 N–H and O–H groups in total. The molecule has 34 heteroatoms. The molecule has 0 saturated heterocycles. The highest BCUT2D eigenvalue weighted by molar-refractivity contribution is 6.01. The molecule has 0 rings (SSSR count). The lowest BCUT2D eigenvalue weighted by Gasteiger charge is -2.48. The number of carboxylic acid groups (broad SMARTS) is 2. The Kier molecular flexibility index (Phi) is 10.7. The molecule has 0 spiro atoms. The van der Waals surface area contributed by atoms with Crippen molar-refractivity contribution in [1.29, 1.82) is 0 Å². The van der Waals surface area contributed by atoms with Crippen LogP contribution in [0.1, 0.15) is 0 Å². The third-order valence-electron chi connectivity index (χ3n) is 6.24. The molecule has 0 radical (unpaired) electrons. The lowest BCUT2D eigenvalue weighted by Crippen LogP contribution is -2.81. The molecule has 0 fully saturated rings. The van der Waals surface area contributed by atoms with Gasteiger partial charge in [0, 0.05) is 0 Å². The molecule has 0 bridgehead atoms. The van der Waals surface area contributed by atoms with E-state index in [1.54, 1.807) is 0 Å². The molecule has 0 amide bonds. The van der Waals surface area contributed by atoms with Crippen molar-refractivity contribution < 1.29 is 152 Å². The summed E-state index contributed by atoms with van der Waals surface area (Å²) in [6.45, 7) is 0. The highest BCUT2D eigenvalue weighted by atomic mass is 19.4. The Morgan fingerprint density at radius 3 is 0.471 bits per heavy atom. The average molecular weight is 840 g/mol. The molecule has 0 aromatic heterocycles. The summed E-state index contributed by atoms with van der Waals surface area (Å²) >= 11 is 0. The van der Waals surface area contributed by atoms with Gasteiger partial charge in [0.05, 0.1) is 0 Å². The Balaban J connectivity index is 8.38. The molecule has 0 aromatic carbocycles.